The van der Waals surface area contributed by atoms with Crippen molar-refractivity contribution in [2.24, 2.45) is 0 Å². The molecule has 0 bridgehead atoms. The minimum Gasteiger partial charge on any atom is -0.383 e. The predicted octanol–water partition coefficient (Wildman–Crippen LogP) is 1.14. The van der Waals surface area contributed by atoms with Gasteiger partial charge in [-0.05, 0) is 36.6 Å². The number of aromatic amines is 1. The Balaban J connectivity index is 1.79. The lowest BCUT2D eigenvalue weighted by molar-refractivity contribution is -0.113. The van der Waals surface area contributed by atoms with Gasteiger partial charge >= 0.3 is 5.69 Å². The minimum absolute atomic E-state index is 0.0624. The third-order valence-corrected chi connectivity index (χ3v) is 7.18. The van der Waals surface area contributed by atoms with E-state index in [0.717, 1.165) is 11.3 Å². The molecule has 0 radical (unpaired) electrons. The molecule has 32 heavy (non-hydrogen) atoms. The summed E-state index contributed by atoms with van der Waals surface area (Å²) in [6, 6.07) is 6.78. The molecule has 1 saturated heterocycles. The molecular formula is C21H27N5O5S. The van der Waals surface area contributed by atoms with E-state index in [9.17, 15) is 22.8 Å². The number of carbonyl (C=O) groups is 1. The van der Waals surface area contributed by atoms with Gasteiger partial charge in [-0.2, -0.15) is 0 Å². The molecule has 3 N–H and O–H groups in total. The van der Waals surface area contributed by atoms with E-state index < -0.39 is 27.2 Å². The maximum Gasteiger partial charge on any atom is 0.330 e. The highest BCUT2D eigenvalue weighted by atomic mass is 32.2. The van der Waals surface area contributed by atoms with E-state index in [-0.39, 0.29) is 17.3 Å². The zero-order chi connectivity index (χ0) is 23.5. The Morgan fingerprint density at radius 2 is 1.94 bits per heavy atom. The number of nitrogens with two attached hydrogens (primary N) is 1. The van der Waals surface area contributed by atoms with Crippen LogP contribution >= 0.6 is 0 Å². The number of sulfonamides is 1. The van der Waals surface area contributed by atoms with Gasteiger partial charge in [0.2, 0.25) is 10.0 Å². The molecule has 1 aromatic carbocycles. The summed E-state index contributed by atoms with van der Waals surface area (Å²) in [7, 11) is -1.85. The second-order valence-electron chi connectivity index (χ2n) is 7.56. The maximum absolute atomic E-state index is 12.6. The van der Waals surface area contributed by atoms with Crippen LogP contribution in [-0.2, 0) is 21.4 Å². The highest BCUT2D eigenvalue weighted by molar-refractivity contribution is 7.93. The number of benzene rings is 1. The molecule has 1 aliphatic heterocycles. The van der Waals surface area contributed by atoms with Crippen molar-refractivity contribution in [3.8, 4) is 0 Å². The van der Waals surface area contributed by atoms with E-state index >= 15 is 0 Å². The number of aromatic nitrogens is 2. The highest BCUT2D eigenvalue weighted by Gasteiger charge is 2.28. The van der Waals surface area contributed by atoms with Crippen LogP contribution in [0.2, 0.25) is 0 Å². The first-order valence-electron chi connectivity index (χ1n) is 10.3. The van der Waals surface area contributed by atoms with Crippen molar-refractivity contribution in [3.05, 3.63) is 56.7 Å². The van der Waals surface area contributed by atoms with E-state index in [1.807, 2.05) is 6.92 Å². The van der Waals surface area contributed by atoms with Crippen molar-refractivity contribution in [1.82, 2.24) is 9.55 Å². The molecule has 2 aromatic rings. The van der Waals surface area contributed by atoms with Crippen molar-refractivity contribution in [3.63, 3.8) is 0 Å². The quantitative estimate of drug-likeness (QED) is 0.593. The molecule has 3 rings (SSSR count). The van der Waals surface area contributed by atoms with Gasteiger partial charge in [0.15, 0.2) is 5.69 Å². The van der Waals surface area contributed by atoms with Gasteiger partial charge < -0.3 is 10.6 Å². The fourth-order valence-electron chi connectivity index (χ4n) is 3.51. The summed E-state index contributed by atoms with van der Waals surface area (Å²) in [4.78, 5) is 40.3. The first kappa shape index (κ1) is 23.3. The Kier molecular flexibility index (Phi) is 6.87. The average Bonchev–Trinajstić information content (AvgIpc) is 3.10. The van der Waals surface area contributed by atoms with Crippen LogP contribution in [0, 0.1) is 0 Å². The Morgan fingerprint density at radius 3 is 2.53 bits per heavy atom. The molecule has 1 aliphatic rings. The fourth-order valence-corrected chi connectivity index (χ4v) is 5.07. The summed E-state index contributed by atoms with van der Waals surface area (Å²) in [6.07, 6.45) is 4.96. The van der Waals surface area contributed by atoms with Crippen molar-refractivity contribution in [2.75, 3.05) is 34.3 Å². The molecule has 0 saturated carbocycles. The number of hydrogen-bond donors (Lipinski definition) is 2. The van der Waals surface area contributed by atoms with Crippen LogP contribution in [-0.4, -0.2) is 43.2 Å². The average molecular weight is 462 g/mol. The zero-order valence-corrected chi connectivity index (χ0v) is 18.9. The van der Waals surface area contributed by atoms with Crippen molar-refractivity contribution in [2.45, 2.75) is 32.7 Å². The number of rotatable bonds is 7. The van der Waals surface area contributed by atoms with Crippen LogP contribution in [0.4, 0.5) is 17.2 Å². The lowest BCUT2D eigenvalue weighted by Gasteiger charge is -2.19. The lowest BCUT2D eigenvalue weighted by atomic mass is 10.2. The normalized spacial score (nSPS) is 15.4. The molecule has 0 atom stereocenters. The van der Waals surface area contributed by atoms with E-state index in [4.69, 9.17) is 5.73 Å². The molecule has 1 amide bonds. The van der Waals surface area contributed by atoms with Crippen LogP contribution in [0.3, 0.4) is 0 Å². The number of amides is 1. The molecule has 1 fully saturated rings. The summed E-state index contributed by atoms with van der Waals surface area (Å²) in [5.41, 5.74) is 5.87. The summed E-state index contributed by atoms with van der Waals surface area (Å²) in [5.74, 6) is -0.425. The second kappa shape index (κ2) is 9.43. The molecule has 10 nitrogen and oxygen atoms in total. The van der Waals surface area contributed by atoms with Crippen LogP contribution in [0.5, 0.6) is 0 Å². The van der Waals surface area contributed by atoms with Gasteiger partial charge in [0.05, 0.1) is 11.4 Å². The fraction of sp³-hybridized carbons (Fsp3) is 0.381. The standard InChI is InChI=1S/C21H27N5O5S/c1-3-4-12-25-19(22)18(20(28)23-21(25)29)24(2)17(27)11-8-15-6-9-16(10-7-15)26-13-5-14-32(26,30)31/h6-11H,3-5,12-14,22H2,1-2H3,(H,23,28,29)/b11-8+. The maximum atomic E-state index is 12.6. The molecule has 11 heteroatoms. The van der Waals surface area contributed by atoms with Gasteiger partial charge in [0.1, 0.15) is 5.82 Å². The number of nitrogens with zero attached hydrogens (tertiary/aromatic N) is 3. The number of carbonyl (C=O) groups excluding carboxylic acids is 1. The lowest BCUT2D eigenvalue weighted by Crippen LogP contribution is -2.38. The van der Waals surface area contributed by atoms with Crippen molar-refractivity contribution in [1.29, 1.82) is 0 Å². The smallest absolute Gasteiger partial charge is 0.330 e. The number of hydrogen-bond acceptors (Lipinski definition) is 6. The zero-order valence-electron chi connectivity index (χ0n) is 18.1. The number of unbranched alkanes of at least 4 members (excludes halogenated alkanes) is 1. The van der Waals surface area contributed by atoms with Crippen LogP contribution in [0.1, 0.15) is 31.7 Å². The molecule has 0 aliphatic carbocycles. The van der Waals surface area contributed by atoms with E-state index in [0.29, 0.717) is 37.2 Å². The summed E-state index contributed by atoms with van der Waals surface area (Å²) in [6.45, 7) is 2.75. The molecule has 1 aromatic heterocycles. The number of nitrogens with one attached hydrogen (secondary N) is 1. The van der Waals surface area contributed by atoms with Crippen molar-refractivity contribution < 1.29 is 13.2 Å². The van der Waals surface area contributed by atoms with Gasteiger partial charge in [-0.15, -0.1) is 0 Å². The number of nitrogen functional groups attached to an aromatic ring is 1. The van der Waals surface area contributed by atoms with E-state index in [2.05, 4.69) is 4.98 Å². The molecule has 0 unspecified atom stereocenters. The topological polar surface area (TPSA) is 139 Å². The number of likely N-dealkylation sites (N-methyl/N-ethyl adjacent to an activating group) is 1. The van der Waals surface area contributed by atoms with Gasteiger partial charge in [0.25, 0.3) is 11.5 Å². The van der Waals surface area contributed by atoms with E-state index in [1.54, 1.807) is 30.3 Å². The molecular weight excluding hydrogens is 434 g/mol. The first-order valence-corrected chi connectivity index (χ1v) is 12.0. The Labute approximate surface area is 186 Å². The Hall–Kier alpha value is -3.34. The summed E-state index contributed by atoms with van der Waals surface area (Å²) in [5, 5.41) is 0. The monoisotopic (exact) mass is 461 g/mol. The first-order chi connectivity index (χ1) is 15.2. The van der Waals surface area contributed by atoms with Gasteiger partial charge in [-0.25, -0.2) is 13.2 Å². The van der Waals surface area contributed by atoms with E-state index in [1.165, 1.54) is 22.0 Å². The molecule has 172 valence electrons. The Bertz CT molecular complexity index is 1240. The van der Waals surface area contributed by atoms with Crippen LogP contribution < -0.4 is 26.2 Å². The van der Waals surface area contributed by atoms with Crippen LogP contribution in [0.15, 0.2) is 39.9 Å². The van der Waals surface area contributed by atoms with Crippen LogP contribution in [0.25, 0.3) is 6.08 Å². The largest absolute Gasteiger partial charge is 0.383 e. The third kappa shape index (κ3) is 4.77. The Morgan fingerprint density at radius 1 is 1.25 bits per heavy atom. The summed E-state index contributed by atoms with van der Waals surface area (Å²) >= 11 is 0. The predicted molar refractivity (Wildman–Crippen MR) is 125 cm³/mol. The third-order valence-electron chi connectivity index (χ3n) is 5.31. The summed E-state index contributed by atoms with van der Waals surface area (Å²) < 4.78 is 26.7. The SMILES string of the molecule is CCCCn1c(N)c(N(C)C(=O)/C=C/c2ccc(N3CCCS3(=O)=O)cc2)c(=O)[nH]c1=O. The highest BCUT2D eigenvalue weighted by Crippen LogP contribution is 2.24. The minimum atomic E-state index is -3.26. The number of H-pyrrole nitrogens is 1. The van der Waals surface area contributed by atoms with Crippen molar-refractivity contribution >= 4 is 39.2 Å². The number of anilines is 3. The second-order valence-corrected chi connectivity index (χ2v) is 9.57. The van der Waals surface area contributed by atoms with Gasteiger partial charge in [-0.1, -0.05) is 25.5 Å². The van der Waals surface area contributed by atoms with Gasteiger partial charge in [0, 0.05) is 26.2 Å². The van der Waals surface area contributed by atoms with Gasteiger partial charge in [-0.3, -0.25) is 23.4 Å². The molecule has 2 heterocycles. The molecule has 0 spiro atoms.